The third-order valence-electron chi connectivity index (χ3n) is 1.95. The Labute approximate surface area is 100 Å². The van der Waals surface area contributed by atoms with E-state index in [9.17, 15) is 13.0 Å². The second-order valence-electron chi connectivity index (χ2n) is 2.99. The molecule has 1 aromatic carbocycles. The van der Waals surface area contributed by atoms with Crippen LogP contribution >= 0.6 is 7.60 Å². The molecule has 0 N–H and O–H groups in total. The fraction of sp³-hybridized carbons (Fsp3) is 0.333. The zero-order valence-electron chi connectivity index (χ0n) is 9.40. The molecule has 17 heavy (non-hydrogen) atoms. The highest BCUT2D eigenvalue weighted by Gasteiger charge is 2.26. The lowest BCUT2D eigenvalue weighted by Crippen LogP contribution is -2.09. The normalized spacial score (nSPS) is 12.6. The number of hydrogen-bond acceptors (Lipinski definition) is 6. The van der Waals surface area contributed by atoms with Gasteiger partial charge in [0.2, 0.25) is 0 Å². The minimum atomic E-state index is -3.95. The van der Waals surface area contributed by atoms with Gasteiger partial charge in [-0.3, -0.25) is 8.75 Å². The Kier molecular flexibility index (Phi) is 4.85. The van der Waals surface area contributed by atoms with E-state index in [4.69, 9.17) is 0 Å². The van der Waals surface area contributed by atoms with Gasteiger partial charge in [0.05, 0.1) is 4.90 Å². The zero-order valence-corrected chi connectivity index (χ0v) is 11.1. The van der Waals surface area contributed by atoms with Gasteiger partial charge >= 0.3 is 7.60 Å². The maximum atomic E-state index is 11.7. The topological polar surface area (TPSA) is 78.9 Å². The highest BCUT2D eigenvalue weighted by molar-refractivity contribution is 7.87. The van der Waals surface area contributed by atoms with Crippen molar-refractivity contribution in [2.24, 2.45) is 0 Å². The van der Waals surface area contributed by atoms with Crippen molar-refractivity contribution in [2.45, 2.75) is 4.90 Å². The van der Waals surface area contributed by atoms with Gasteiger partial charge in [0.25, 0.3) is 10.1 Å². The fourth-order valence-corrected chi connectivity index (χ4v) is 3.03. The summed E-state index contributed by atoms with van der Waals surface area (Å²) in [4.78, 5) is -0.0150. The first-order chi connectivity index (χ1) is 7.93. The fourth-order valence-electron chi connectivity index (χ4n) is 0.969. The lowest BCUT2D eigenvalue weighted by atomic mass is 10.4. The average molecular weight is 280 g/mol. The Morgan fingerprint density at radius 3 is 2.12 bits per heavy atom. The maximum absolute atomic E-state index is 11.7. The highest BCUT2D eigenvalue weighted by Crippen LogP contribution is 2.46. The largest absolute Gasteiger partial charge is 0.357 e. The van der Waals surface area contributed by atoms with Crippen molar-refractivity contribution in [2.75, 3.05) is 20.6 Å². The van der Waals surface area contributed by atoms with Crippen LogP contribution in [0.2, 0.25) is 0 Å². The van der Waals surface area contributed by atoms with Crippen LogP contribution in [-0.4, -0.2) is 29.0 Å². The number of hydrogen-bond donors (Lipinski definition) is 0. The van der Waals surface area contributed by atoms with Gasteiger partial charge in [0.15, 0.2) is 6.35 Å². The van der Waals surface area contributed by atoms with E-state index in [1.54, 1.807) is 18.2 Å². The van der Waals surface area contributed by atoms with Crippen LogP contribution in [0.25, 0.3) is 0 Å². The quantitative estimate of drug-likeness (QED) is 0.584. The Hall–Kier alpha value is -0.720. The molecule has 0 bridgehead atoms. The molecule has 0 saturated heterocycles. The predicted molar refractivity (Wildman–Crippen MR) is 61.2 cm³/mol. The molecule has 0 aliphatic rings. The molecule has 0 fully saturated rings. The maximum Gasteiger partial charge on any atom is 0.357 e. The Balaban J connectivity index is 2.79. The lowest BCUT2D eigenvalue weighted by molar-refractivity contribution is 0.242. The smallest absolute Gasteiger partial charge is 0.310 e. The Morgan fingerprint density at radius 1 is 1.12 bits per heavy atom. The lowest BCUT2D eigenvalue weighted by Gasteiger charge is -2.13. The van der Waals surface area contributed by atoms with Crippen molar-refractivity contribution in [3.8, 4) is 0 Å². The summed E-state index contributed by atoms with van der Waals surface area (Å²) in [5, 5.41) is 0. The van der Waals surface area contributed by atoms with Crippen LogP contribution in [0.4, 0.5) is 0 Å². The van der Waals surface area contributed by atoms with Crippen molar-refractivity contribution in [1.29, 1.82) is 0 Å². The van der Waals surface area contributed by atoms with Crippen molar-refractivity contribution in [3.63, 3.8) is 0 Å². The van der Waals surface area contributed by atoms with Gasteiger partial charge < -0.3 is 9.05 Å². The molecule has 0 aliphatic carbocycles. The van der Waals surface area contributed by atoms with Crippen LogP contribution in [0.5, 0.6) is 0 Å². The van der Waals surface area contributed by atoms with E-state index < -0.39 is 24.1 Å². The molecule has 1 rings (SSSR count). The molecule has 0 saturated carbocycles. The van der Waals surface area contributed by atoms with E-state index >= 15 is 0 Å². The molecular weight excluding hydrogens is 267 g/mol. The summed E-state index contributed by atoms with van der Waals surface area (Å²) in [7, 11) is -5.13. The average Bonchev–Trinajstić information content (AvgIpc) is 2.37. The SMILES string of the molecule is COP(=O)(COS(=O)(=O)c1ccccc1)OC. The highest BCUT2D eigenvalue weighted by atomic mass is 32.2. The van der Waals surface area contributed by atoms with Crippen LogP contribution < -0.4 is 0 Å². The van der Waals surface area contributed by atoms with Gasteiger partial charge in [-0.05, 0) is 12.1 Å². The monoisotopic (exact) mass is 280 g/mol. The van der Waals surface area contributed by atoms with Crippen molar-refractivity contribution >= 4 is 17.7 Å². The van der Waals surface area contributed by atoms with Crippen molar-refractivity contribution in [1.82, 2.24) is 0 Å². The van der Waals surface area contributed by atoms with Crippen molar-refractivity contribution in [3.05, 3.63) is 30.3 Å². The van der Waals surface area contributed by atoms with Crippen LogP contribution in [0.15, 0.2) is 35.2 Å². The van der Waals surface area contributed by atoms with E-state index in [1.165, 1.54) is 12.1 Å². The Bertz CT molecular complexity index is 489. The standard InChI is InChI=1S/C9H13O6PS/c1-13-16(10,14-2)8-15-17(11,12)9-6-4-3-5-7-9/h3-7H,8H2,1-2H3. The second-order valence-corrected chi connectivity index (χ2v) is 6.82. The molecule has 0 amide bonds. The van der Waals surface area contributed by atoms with Crippen molar-refractivity contribution < 1.29 is 26.2 Å². The summed E-state index contributed by atoms with van der Waals surface area (Å²) in [5.41, 5.74) is 0. The van der Waals surface area contributed by atoms with E-state index in [1.807, 2.05) is 0 Å². The first-order valence-corrected chi connectivity index (χ1v) is 7.72. The van der Waals surface area contributed by atoms with E-state index in [-0.39, 0.29) is 4.90 Å². The van der Waals surface area contributed by atoms with Crippen LogP contribution in [-0.2, 0) is 27.9 Å². The third-order valence-corrected chi connectivity index (χ3v) is 4.96. The van der Waals surface area contributed by atoms with Gasteiger partial charge in [-0.1, -0.05) is 18.2 Å². The predicted octanol–water partition coefficient (Wildman–Crippen LogP) is 1.84. The summed E-state index contributed by atoms with van der Waals surface area (Å²) >= 11 is 0. The molecule has 8 heteroatoms. The van der Waals surface area contributed by atoms with E-state index in [0.717, 1.165) is 14.2 Å². The summed E-state index contributed by atoms with van der Waals surface area (Å²) < 4.78 is 48.7. The zero-order chi connectivity index (χ0) is 12.9. The molecule has 0 heterocycles. The summed E-state index contributed by atoms with van der Waals surface area (Å²) in [6.45, 7) is 0. The summed E-state index contributed by atoms with van der Waals surface area (Å²) in [6.07, 6.45) is -0.656. The molecular formula is C9H13O6PS. The first kappa shape index (κ1) is 14.3. The van der Waals surface area contributed by atoms with Gasteiger partial charge in [0.1, 0.15) is 0 Å². The number of rotatable bonds is 6. The molecule has 0 radical (unpaired) electrons. The third kappa shape index (κ3) is 3.90. The molecule has 0 atom stereocenters. The van der Waals surface area contributed by atoms with E-state index in [0.29, 0.717) is 0 Å². The molecule has 1 aromatic rings. The molecule has 0 spiro atoms. The first-order valence-electron chi connectivity index (χ1n) is 4.58. The molecule has 0 aromatic heterocycles. The van der Waals surface area contributed by atoms with Crippen LogP contribution in [0, 0.1) is 0 Å². The molecule has 6 nitrogen and oxygen atoms in total. The minimum absolute atomic E-state index is 0.0150. The molecule has 0 aliphatic heterocycles. The van der Waals surface area contributed by atoms with Crippen LogP contribution in [0.3, 0.4) is 0 Å². The van der Waals surface area contributed by atoms with Crippen LogP contribution in [0.1, 0.15) is 0 Å². The second kappa shape index (κ2) is 5.75. The van der Waals surface area contributed by atoms with E-state index in [2.05, 4.69) is 13.2 Å². The van der Waals surface area contributed by atoms with Gasteiger partial charge in [-0.25, -0.2) is 0 Å². The summed E-state index contributed by atoms with van der Waals surface area (Å²) in [5.74, 6) is 0. The summed E-state index contributed by atoms with van der Waals surface area (Å²) in [6, 6.07) is 7.54. The molecule has 0 unspecified atom stereocenters. The molecule has 96 valence electrons. The number of benzene rings is 1. The van der Waals surface area contributed by atoms with Gasteiger partial charge in [0, 0.05) is 14.2 Å². The minimum Gasteiger partial charge on any atom is -0.310 e. The van der Waals surface area contributed by atoms with Gasteiger partial charge in [-0.2, -0.15) is 8.42 Å². The Morgan fingerprint density at radius 2 is 1.65 bits per heavy atom. The van der Waals surface area contributed by atoms with Gasteiger partial charge in [-0.15, -0.1) is 0 Å².